The minimum atomic E-state index is -0.0250. The Morgan fingerprint density at radius 2 is 2.05 bits per heavy atom. The quantitative estimate of drug-likeness (QED) is 0.752. The molecule has 2 heterocycles. The molecule has 104 valence electrons. The second-order valence-electron chi connectivity index (χ2n) is 5.00. The summed E-state index contributed by atoms with van der Waals surface area (Å²) in [5, 5.41) is 1.61. The highest BCUT2D eigenvalue weighted by Crippen LogP contribution is 2.24. The van der Waals surface area contributed by atoms with E-state index in [4.69, 9.17) is 0 Å². The van der Waals surface area contributed by atoms with Crippen LogP contribution in [0.4, 0.5) is 0 Å². The van der Waals surface area contributed by atoms with Gasteiger partial charge in [-0.05, 0) is 12.5 Å². The van der Waals surface area contributed by atoms with Crippen LogP contribution >= 0.6 is 12.6 Å². The number of hydrogen-bond acceptors (Lipinski definition) is 3. The van der Waals surface area contributed by atoms with Gasteiger partial charge in [-0.15, -0.1) is 12.6 Å². The van der Waals surface area contributed by atoms with Crippen LogP contribution in [0.3, 0.4) is 0 Å². The third-order valence-corrected chi connectivity index (χ3v) is 4.10. The molecule has 0 aliphatic carbocycles. The molecule has 3 rings (SSSR count). The lowest BCUT2D eigenvalue weighted by Gasteiger charge is -2.11. The Bertz CT molecular complexity index is 848. The summed E-state index contributed by atoms with van der Waals surface area (Å²) in [4.78, 5) is 17.0. The van der Waals surface area contributed by atoms with E-state index in [2.05, 4.69) is 24.5 Å². The van der Waals surface area contributed by atoms with Gasteiger partial charge in [0.2, 0.25) is 0 Å². The van der Waals surface area contributed by atoms with Gasteiger partial charge in [0.1, 0.15) is 0 Å². The van der Waals surface area contributed by atoms with Crippen LogP contribution < -0.4 is 5.56 Å². The summed E-state index contributed by atoms with van der Waals surface area (Å²) >= 11 is 4.34. The van der Waals surface area contributed by atoms with Crippen molar-refractivity contribution >= 4 is 34.6 Å². The minimum Gasteiger partial charge on any atom is -0.322 e. The molecule has 5 heteroatoms. The molecule has 0 amide bonds. The summed E-state index contributed by atoms with van der Waals surface area (Å²) in [6, 6.07) is 7.99. The van der Waals surface area contributed by atoms with Crippen molar-refractivity contribution in [1.29, 1.82) is 0 Å². The number of para-hydroxylation sites is 1. The first-order valence-electron chi connectivity index (χ1n) is 6.82. The van der Waals surface area contributed by atoms with Gasteiger partial charge in [0.25, 0.3) is 5.56 Å². The highest BCUT2D eigenvalue weighted by molar-refractivity contribution is 7.80. The van der Waals surface area contributed by atoms with E-state index in [1.54, 1.807) is 0 Å². The molecule has 0 radical (unpaired) electrons. The lowest BCUT2D eigenvalue weighted by Crippen LogP contribution is -2.21. The maximum absolute atomic E-state index is 12.7. The molecule has 0 unspecified atom stereocenters. The Hall–Kier alpha value is -1.75. The zero-order chi connectivity index (χ0) is 14.3. The molecule has 0 N–H and O–H groups in total. The molecule has 3 aromatic rings. The summed E-state index contributed by atoms with van der Waals surface area (Å²) in [6.07, 6.45) is 2.04. The number of imidazole rings is 1. The van der Waals surface area contributed by atoms with Crippen LogP contribution in [0.1, 0.15) is 19.8 Å². The number of aromatic nitrogens is 3. The summed E-state index contributed by atoms with van der Waals surface area (Å²) < 4.78 is 3.70. The zero-order valence-electron chi connectivity index (χ0n) is 11.6. The SMILES string of the molecule is CCCCn1c(=O)c2nc(S)n(C)c2c2ccccc21. The lowest BCUT2D eigenvalue weighted by molar-refractivity contribution is 0.634. The molecule has 0 saturated heterocycles. The van der Waals surface area contributed by atoms with Crippen LogP contribution in [0.2, 0.25) is 0 Å². The molecule has 0 fully saturated rings. The first-order valence-corrected chi connectivity index (χ1v) is 7.26. The Balaban J connectivity index is 2.48. The molecular weight excluding hydrogens is 270 g/mol. The van der Waals surface area contributed by atoms with Crippen LogP contribution in [0, 0.1) is 0 Å². The number of hydrogen-bond donors (Lipinski definition) is 1. The van der Waals surface area contributed by atoms with Crippen molar-refractivity contribution in [3.8, 4) is 0 Å². The Labute approximate surface area is 122 Å². The van der Waals surface area contributed by atoms with Gasteiger partial charge in [0.05, 0.1) is 11.0 Å². The molecule has 2 aromatic heterocycles. The van der Waals surface area contributed by atoms with Crippen LogP contribution in [0.5, 0.6) is 0 Å². The van der Waals surface area contributed by atoms with E-state index in [9.17, 15) is 4.79 Å². The Kier molecular flexibility index (Phi) is 3.30. The summed E-state index contributed by atoms with van der Waals surface area (Å²) in [6.45, 7) is 2.85. The number of unbranched alkanes of at least 4 members (excludes halogenated alkanes) is 1. The number of thiol groups is 1. The first-order chi connectivity index (χ1) is 9.65. The van der Waals surface area contributed by atoms with E-state index >= 15 is 0 Å². The Morgan fingerprint density at radius 1 is 1.30 bits per heavy atom. The van der Waals surface area contributed by atoms with Gasteiger partial charge in [-0.1, -0.05) is 31.5 Å². The smallest absolute Gasteiger partial charge is 0.279 e. The van der Waals surface area contributed by atoms with Crippen molar-refractivity contribution in [3.05, 3.63) is 34.6 Å². The van der Waals surface area contributed by atoms with E-state index < -0.39 is 0 Å². The van der Waals surface area contributed by atoms with Crippen molar-refractivity contribution in [1.82, 2.24) is 14.1 Å². The van der Waals surface area contributed by atoms with E-state index in [0.717, 1.165) is 35.8 Å². The average Bonchev–Trinajstić information content (AvgIpc) is 2.76. The van der Waals surface area contributed by atoms with E-state index in [1.807, 2.05) is 40.4 Å². The number of benzene rings is 1. The molecule has 0 bridgehead atoms. The summed E-state index contributed by atoms with van der Waals surface area (Å²) in [5.41, 5.74) is 2.31. The van der Waals surface area contributed by atoms with Gasteiger partial charge in [-0.3, -0.25) is 4.79 Å². The first kappa shape index (κ1) is 13.2. The number of fused-ring (bicyclic) bond motifs is 3. The molecule has 0 saturated carbocycles. The van der Waals surface area contributed by atoms with Gasteiger partial charge >= 0.3 is 0 Å². The predicted molar refractivity (Wildman–Crippen MR) is 84.6 cm³/mol. The molecule has 4 nitrogen and oxygen atoms in total. The second-order valence-corrected chi connectivity index (χ2v) is 5.40. The predicted octanol–water partition coefficient (Wildman–Crippen LogP) is 2.98. The van der Waals surface area contributed by atoms with E-state index in [1.165, 1.54) is 0 Å². The molecule has 20 heavy (non-hydrogen) atoms. The highest BCUT2D eigenvalue weighted by Gasteiger charge is 2.15. The van der Waals surface area contributed by atoms with Crippen LogP contribution in [0.25, 0.3) is 21.9 Å². The van der Waals surface area contributed by atoms with Gasteiger partial charge in [-0.25, -0.2) is 4.98 Å². The fourth-order valence-corrected chi connectivity index (χ4v) is 2.83. The molecule has 0 aliphatic heterocycles. The third-order valence-electron chi connectivity index (χ3n) is 3.70. The van der Waals surface area contributed by atoms with Crippen molar-refractivity contribution < 1.29 is 0 Å². The van der Waals surface area contributed by atoms with Gasteiger partial charge in [0.15, 0.2) is 10.7 Å². The monoisotopic (exact) mass is 287 g/mol. The minimum absolute atomic E-state index is 0.0250. The topological polar surface area (TPSA) is 39.8 Å². The van der Waals surface area contributed by atoms with Gasteiger partial charge < -0.3 is 9.13 Å². The maximum atomic E-state index is 12.7. The normalized spacial score (nSPS) is 11.6. The number of nitrogens with zero attached hydrogens (tertiary/aromatic N) is 3. The molecule has 0 aliphatic rings. The van der Waals surface area contributed by atoms with Crippen molar-refractivity contribution in [2.24, 2.45) is 7.05 Å². The standard InChI is InChI=1S/C15H17N3OS/c1-3-4-9-18-11-8-6-5-7-10(11)13-12(14(18)19)16-15(20)17(13)2/h5-8H,3-4,9H2,1-2H3,(H,16,20). The summed E-state index contributed by atoms with van der Waals surface area (Å²) in [5.74, 6) is 0. The van der Waals surface area contributed by atoms with E-state index in [0.29, 0.717) is 10.7 Å². The molecule has 0 spiro atoms. The maximum Gasteiger partial charge on any atom is 0.279 e. The lowest BCUT2D eigenvalue weighted by atomic mass is 10.1. The summed E-state index contributed by atoms with van der Waals surface area (Å²) in [7, 11) is 1.89. The largest absolute Gasteiger partial charge is 0.322 e. The third kappa shape index (κ3) is 1.85. The fourth-order valence-electron chi connectivity index (χ4n) is 2.63. The van der Waals surface area contributed by atoms with Gasteiger partial charge in [-0.2, -0.15) is 0 Å². The van der Waals surface area contributed by atoms with Crippen molar-refractivity contribution in [2.45, 2.75) is 31.5 Å². The zero-order valence-corrected chi connectivity index (χ0v) is 12.5. The number of rotatable bonds is 3. The fraction of sp³-hybridized carbons (Fsp3) is 0.333. The Morgan fingerprint density at radius 3 is 2.80 bits per heavy atom. The van der Waals surface area contributed by atoms with Crippen molar-refractivity contribution in [3.63, 3.8) is 0 Å². The number of aryl methyl sites for hydroxylation is 2. The van der Waals surface area contributed by atoms with Gasteiger partial charge in [0, 0.05) is 19.0 Å². The molecule has 0 atom stereocenters. The van der Waals surface area contributed by atoms with Crippen LogP contribution in [-0.2, 0) is 13.6 Å². The average molecular weight is 287 g/mol. The second kappa shape index (κ2) is 4.98. The molecule has 1 aromatic carbocycles. The van der Waals surface area contributed by atoms with Crippen LogP contribution in [-0.4, -0.2) is 14.1 Å². The van der Waals surface area contributed by atoms with Crippen LogP contribution in [0.15, 0.2) is 34.2 Å². The molecular formula is C15H17N3OS. The van der Waals surface area contributed by atoms with E-state index in [-0.39, 0.29) is 5.56 Å². The highest BCUT2D eigenvalue weighted by atomic mass is 32.1. The number of pyridine rings is 1. The van der Waals surface area contributed by atoms with Crippen molar-refractivity contribution in [2.75, 3.05) is 0 Å².